The van der Waals surface area contributed by atoms with Gasteiger partial charge in [0.25, 0.3) is 0 Å². The van der Waals surface area contributed by atoms with Crippen LogP contribution in [0.4, 0.5) is 0 Å². The Morgan fingerprint density at radius 3 is 1.58 bits per heavy atom. The van der Waals surface area contributed by atoms with E-state index in [1.165, 1.54) is 34.9 Å². The molecule has 2 aromatic carbocycles. The number of fused-ring (bicyclic) bond motifs is 2. The molecule has 11 heteroatoms. The van der Waals surface area contributed by atoms with Crippen molar-refractivity contribution in [3.63, 3.8) is 0 Å². The zero-order chi connectivity index (χ0) is 22.6. The molecule has 0 unspecified atom stereocenters. The highest BCUT2D eigenvalue weighted by atomic mass is 32.2. The Hall–Kier alpha value is -2.76. The van der Waals surface area contributed by atoms with Crippen molar-refractivity contribution in [1.82, 2.24) is 10.2 Å². The summed E-state index contributed by atoms with van der Waals surface area (Å²) in [5.74, 6) is 2.89. The molecule has 0 atom stereocenters. The molecule has 0 bridgehead atoms. The second-order valence-electron chi connectivity index (χ2n) is 6.97. The molecule has 0 saturated carbocycles. The van der Waals surface area contributed by atoms with E-state index >= 15 is 0 Å². The van der Waals surface area contributed by atoms with Crippen molar-refractivity contribution in [3.8, 4) is 23.0 Å². The number of benzene rings is 2. The quantitative estimate of drug-likeness (QED) is 0.332. The predicted octanol–water partition coefficient (Wildman–Crippen LogP) is 4.03. The lowest BCUT2D eigenvalue weighted by atomic mass is 10.1. The topological polar surface area (TPSA) is 96.8 Å². The summed E-state index contributed by atoms with van der Waals surface area (Å²) in [5, 5.41) is 8.25. The van der Waals surface area contributed by atoms with Crippen LogP contribution < -0.4 is 18.9 Å². The van der Waals surface area contributed by atoms with Crippen LogP contribution in [-0.4, -0.2) is 59.7 Å². The molecule has 0 aliphatic carbocycles. The van der Waals surface area contributed by atoms with E-state index in [1.54, 1.807) is 36.4 Å². The van der Waals surface area contributed by atoms with Crippen LogP contribution in [0.15, 0.2) is 45.1 Å². The Balaban J connectivity index is 1.13. The molecular formula is C22H18N2O6S3. The van der Waals surface area contributed by atoms with Gasteiger partial charge in [-0.15, -0.1) is 10.2 Å². The number of aromatic nitrogens is 2. The lowest BCUT2D eigenvalue weighted by Gasteiger charge is -2.18. The summed E-state index contributed by atoms with van der Waals surface area (Å²) in [7, 11) is 0. The Morgan fingerprint density at radius 2 is 1.12 bits per heavy atom. The van der Waals surface area contributed by atoms with Gasteiger partial charge in [0, 0.05) is 11.1 Å². The molecular weight excluding hydrogens is 484 g/mol. The van der Waals surface area contributed by atoms with Crippen LogP contribution in [0.3, 0.4) is 0 Å². The summed E-state index contributed by atoms with van der Waals surface area (Å²) < 4.78 is 23.4. The van der Waals surface area contributed by atoms with Crippen molar-refractivity contribution >= 4 is 46.4 Å². The number of carbonyl (C=O) groups excluding carboxylic acids is 2. The number of nitrogens with zero attached hydrogens (tertiary/aromatic N) is 2. The highest BCUT2D eigenvalue weighted by Crippen LogP contribution is 2.34. The maximum Gasteiger partial charge on any atom is 0.175 e. The zero-order valence-electron chi connectivity index (χ0n) is 17.3. The Bertz CT molecular complexity index is 1110. The number of hydrogen-bond donors (Lipinski definition) is 0. The average Bonchev–Trinajstić information content (AvgIpc) is 3.33. The van der Waals surface area contributed by atoms with Gasteiger partial charge in [-0.25, -0.2) is 0 Å². The highest BCUT2D eigenvalue weighted by Gasteiger charge is 2.18. The van der Waals surface area contributed by atoms with Crippen molar-refractivity contribution in [3.05, 3.63) is 47.5 Å². The Kier molecular flexibility index (Phi) is 6.70. The summed E-state index contributed by atoms with van der Waals surface area (Å²) >= 11 is 4.01. The van der Waals surface area contributed by atoms with Gasteiger partial charge in [-0.1, -0.05) is 34.9 Å². The van der Waals surface area contributed by atoms with Crippen LogP contribution in [0.2, 0.25) is 0 Å². The van der Waals surface area contributed by atoms with Crippen molar-refractivity contribution in [2.24, 2.45) is 0 Å². The molecule has 0 N–H and O–H groups in total. The number of ether oxygens (including phenoxy) is 4. The molecule has 0 radical (unpaired) electrons. The first-order chi connectivity index (χ1) is 16.2. The van der Waals surface area contributed by atoms with E-state index in [-0.39, 0.29) is 23.1 Å². The first-order valence-electron chi connectivity index (χ1n) is 10.1. The summed E-state index contributed by atoms with van der Waals surface area (Å²) in [6.07, 6.45) is 0. The van der Waals surface area contributed by atoms with Gasteiger partial charge < -0.3 is 18.9 Å². The lowest BCUT2D eigenvalue weighted by molar-refractivity contribution is 0.101. The normalized spacial score (nSPS) is 14.1. The molecule has 0 fully saturated rings. The van der Waals surface area contributed by atoms with Crippen LogP contribution in [0, 0.1) is 0 Å². The van der Waals surface area contributed by atoms with E-state index in [4.69, 9.17) is 18.9 Å². The summed E-state index contributed by atoms with van der Waals surface area (Å²) in [6.45, 7) is 1.97. The van der Waals surface area contributed by atoms with Crippen LogP contribution in [0.5, 0.6) is 23.0 Å². The van der Waals surface area contributed by atoms with E-state index in [9.17, 15) is 9.59 Å². The average molecular weight is 503 g/mol. The molecule has 0 amide bonds. The second kappa shape index (κ2) is 10.0. The monoisotopic (exact) mass is 502 g/mol. The Labute approximate surface area is 202 Å². The smallest absolute Gasteiger partial charge is 0.175 e. The van der Waals surface area contributed by atoms with E-state index < -0.39 is 0 Å². The molecule has 0 saturated heterocycles. The van der Waals surface area contributed by atoms with Crippen LogP contribution in [-0.2, 0) is 0 Å². The molecule has 1 aromatic heterocycles. The molecule has 3 heterocycles. The minimum Gasteiger partial charge on any atom is -0.486 e. The second-order valence-corrected chi connectivity index (χ2v) is 10.4. The number of rotatable bonds is 8. The van der Waals surface area contributed by atoms with Gasteiger partial charge in [0.05, 0.1) is 11.5 Å². The van der Waals surface area contributed by atoms with Gasteiger partial charge in [-0.05, 0) is 36.4 Å². The standard InChI is InChI=1S/C22H18N2O6S3/c25-15(13-1-3-17-19(9-13)29-7-5-27-17)11-31-21-23-24-22(33-21)32-12-16(26)14-2-4-18-20(10-14)30-8-6-28-18/h1-4,9-10H,5-8,11-12H2. The maximum atomic E-state index is 12.6. The van der Waals surface area contributed by atoms with Gasteiger partial charge in [0.1, 0.15) is 26.4 Å². The SMILES string of the molecule is O=C(CSc1nnc(SCC(=O)c2ccc3c(c2)OCCO3)s1)c1ccc2c(c1)OCCO2. The largest absolute Gasteiger partial charge is 0.486 e. The van der Waals surface area contributed by atoms with Crippen LogP contribution >= 0.6 is 34.9 Å². The van der Waals surface area contributed by atoms with Gasteiger partial charge in [0.15, 0.2) is 43.2 Å². The third-order valence-electron chi connectivity index (χ3n) is 4.77. The van der Waals surface area contributed by atoms with Crippen molar-refractivity contribution in [2.75, 3.05) is 37.9 Å². The lowest BCUT2D eigenvalue weighted by Crippen LogP contribution is -2.16. The molecule has 0 spiro atoms. The molecule has 2 aliphatic rings. The third kappa shape index (κ3) is 5.26. The minimum absolute atomic E-state index is 0.0323. The van der Waals surface area contributed by atoms with Crippen molar-refractivity contribution in [2.45, 2.75) is 8.68 Å². The molecule has 2 aliphatic heterocycles. The molecule has 3 aromatic rings. The van der Waals surface area contributed by atoms with Crippen LogP contribution in [0.25, 0.3) is 0 Å². The van der Waals surface area contributed by atoms with Gasteiger partial charge in [-0.2, -0.15) is 0 Å². The highest BCUT2D eigenvalue weighted by molar-refractivity contribution is 8.03. The zero-order valence-corrected chi connectivity index (χ0v) is 19.7. The van der Waals surface area contributed by atoms with Crippen LogP contribution in [0.1, 0.15) is 20.7 Å². The van der Waals surface area contributed by atoms with E-state index in [0.717, 1.165) is 0 Å². The third-order valence-corrected chi connectivity index (χ3v) is 7.96. The molecule has 170 valence electrons. The van der Waals surface area contributed by atoms with Crippen molar-refractivity contribution < 1.29 is 28.5 Å². The fourth-order valence-electron chi connectivity index (χ4n) is 3.17. The minimum atomic E-state index is -0.0323. The van der Waals surface area contributed by atoms with E-state index in [2.05, 4.69) is 10.2 Å². The fourth-order valence-corrected chi connectivity index (χ4v) is 5.98. The number of Topliss-reactive ketones (excluding diaryl/α,β-unsaturated/α-hetero) is 2. The number of thioether (sulfide) groups is 2. The predicted molar refractivity (Wildman–Crippen MR) is 125 cm³/mol. The van der Waals surface area contributed by atoms with E-state index in [0.29, 0.717) is 69.2 Å². The number of carbonyl (C=O) groups is 2. The molecule has 8 nitrogen and oxygen atoms in total. The number of hydrogen-bond acceptors (Lipinski definition) is 11. The molecule has 5 rings (SSSR count). The summed E-state index contributed by atoms with van der Waals surface area (Å²) in [6, 6.07) is 10.4. The van der Waals surface area contributed by atoms with Crippen molar-refractivity contribution in [1.29, 1.82) is 0 Å². The maximum absolute atomic E-state index is 12.6. The molecule has 33 heavy (non-hydrogen) atoms. The summed E-state index contributed by atoms with van der Waals surface area (Å²) in [4.78, 5) is 25.1. The fraction of sp³-hybridized carbons (Fsp3) is 0.273. The van der Waals surface area contributed by atoms with Gasteiger partial charge in [0.2, 0.25) is 0 Å². The number of ketones is 2. The van der Waals surface area contributed by atoms with Gasteiger partial charge >= 0.3 is 0 Å². The van der Waals surface area contributed by atoms with E-state index in [1.807, 2.05) is 0 Å². The Morgan fingerprint density at radius 1 is 0.697 bits per heavy atom. The summed E-state index contributed by atoms with van der Waals surface area (Å²) in [5.41, 5.74) is 1.13. The first-order valence-corrected chi connectivity index (χ1v) is 12.9. The van der Waals surface area contributed by atoms with Gasteiger partial charge in [-0.3, -0.25) is 9.59 Å². The first kappa shape index (κ1) is 22.1.